The van der Waals surface area contributed by atoms with Crippen LogP contribution in [0.5, 0.6) is 0 Å². The molecule has 0 spiro atoms. The minimum atomic E-state index is -3.78. The van der Waals surface area contributed by atoms with Crippen LogP contribution in [0.15, 0.2) is 90.0 Å². The van der Waals surface area contributed by atoms with E-state index in [4.69, 9.17) is 0 Å². The number of carbonyl (C=O) groups excluding carboxylic acids is 1. The zero-order chi connectivity index (χ0) is 27.5. The third kappa shape index (κ3) is 6.41. The molecule has 0 radical (unpaired) electrons. The smallest absolute Gasteiger partial charge is 0.326 e. The van der Waals surface area contributed by atoms with Crippen molar-refractivity contribution in [3.8, 4) is 0 Å². The molecular weight excluding hydrogens is 502 g/mol. The Balaban J connectivity index is 1.45. The highest BCUT2D eigenvalue weighted by Crippen LogP contribution is 2.26. The van der Waals surface area contributed by atoms with Crippen LogP contribution in [0.3, 0.4) is 0 Å². The molecule has 8 nitrogen and oxygen atoms in total. The SMILES string of the molecule is CC(C)(C)c1ccc(S(=O)(=O)Nc2ccc3c(ccn3CC(=O)NC(Cc3ccccc3)C(=O)O)c2)cc1. The molecule has 0 fully saturated rings. The van der Waals surface area contributed by atoms with Crippen molar-refractivity contribution >= 4 is 38.5 Å². The van der Waals surface area contributed by atoms with E-state index in [0.29, 0.717) is 11.2 Å². The number of hydrogen-bond acceptors (Lipinski definition) is 4. The number of sulfonamides is 1. The van der Waals surface area contributed by atoms with Crippen molar-refractivity contribution in [3.05, 3.63) is 96.2 Å². The van der Waals surface area contributed by atoms with Gasteiger partial charge in [-0.05, 0) is 52.9 Å². The molecule has 4 rings (SSSR count). The van der Waals surface area contributed by atoms with Crippen molar-refractivity contribution in [1.82, 2.24) is 9.88 Å². The molecule has 3 N–H and O–H groups in total. The number of fused-ring (bicyclic) bond motifs is 1. The van der Waals surface area contributed by atoms with Gasteiger partial charge in [0.2, 0.25) is 5.91 Å². The zero-order valence-corrected chi connectivity index (χ0v) is 22.3. The summed E-state index contributed by atoms with van der Waals surface area (Å²) in [5, 5.41) is 12.9. The van der Waals surface area contributed by atoms with Gasteiger partial charge in [0, 0.05) is 29.2 Å². The lowest BCUT2D eigenvalue weighted by molar-refractivity contribution is -0.141. The number of aromatic nitrogens is 1. The first-order chi connectivity index (χ1) is 17.9. The van der Waals surface area contributed by atoms with Crippen LogP contribution in [0.4, 0.5) is 5.69 Å². The molecule has 1 aromatic heterocycles. The summed E-state index contributed by atoms with van der Waals surface area (Å²) in [6.07, 6.45) is 1.89. The second-order valence-corrected chi connectivity index (χ2v) is 11.9. The van der Waals surface area contributed by atoms with Crippen molar-refractivity contribution in [2.24, 2.45) is 0 Å². The molecule has 1 unspecified atom stereocenters. The highest BCUT2D eigenvalue weighted by atomic mass is 32.2. The summed E-state index contributed by atoms with van der Waals surface area (Å²) in [7, 11) is -3.78. The van der Waals surface area contributed by atoms with E-state index in [2.05, 4.69) is 30.8 Å². The fourth-order valence-electron chi connectivity index (χ4n) is 4.19. The Bertz CT molecular complexity index is 1550. The van der Waals surface area contributed by atoms with E-state index in [-0.39, 0.29) is 23.3 Å². The summed E-state index contributed by atoms with van der Waals surface area (Å²) in [6, 6.07) is 21.7. The molecular formula is C29H31N3O5S. The summed E-state index contributed by atoms with van der Waals surface area (Å²) in [4.78, 5) is 24.5. The molecule has 3 aromatic carbocycles. The Morgan fingerprint density at radius 3 is 2.26 bits per heavy atom. The predicted molar refractivity (Wildman–Crippen MR) is 148 cm³/mol. The number of hydrogen-bond donors (Lipinski definition) is 3. The van der Waals surface area contributed by atoms with Gasteiger partial charge in [-0.15, -0.1) is 0 Å². The second-order valence-electron chi connectivity index (χ2n) is 10.2. The van der Waals surface area contributed by atoms with Crippen LogP contribution < -0.4 is 10.0 Å². The van der Waals surface area contributed by atoms with Crippen LogP contribution in [-0.4, -0.2) is 36.0 Å². The molecule has 0 aliphatic carbocycles. The van der Waals surface area contributed by atoms with E-state index >= 15 is 0 Å². The summed E-state index contributed by atoms with van der Waals surface area (Å²) >= 11 is 0. The van der Waals surface area contributed by atoms with E-state index in [1.54, 1.807) is 47.2 Å². The minimum absolute atomic E-state index is 0.0761. The van der Waals surface area contributed by atoms with Crippen molar-refractivity contribution in [2.75, 3.05) is 4.72 Å². The predicted octanol–water partition coefficient (Wildman–Crippen LogP) is 4.55. The molecule has 0 aliphatic heterocycles. The lowest BCUT2D eigenvalue weighted by Crippen LogP contribution is -2.43. The molecule has 4 aromatic rings. The average molecular weight is 534 g/mol. The van der Waals surface area contributed by atoms with Gasteiger partial charge in [0.15, 0.2) is 0 Å². The lowest BCUT2D eigenvalue weighted by Gasteiger charge is -2.19. The van der Waals surface area contributed by atoms with Crippen LogP contribution in [0.1, 0.15) is 31.9 Å². The van der Waals surface area contributed by atoms with E-state index in [1.807, 2.05) is 42.5 Å². The Kier molecular flexibility index (Phi) is 7.59. The monoisotopic (exact) mass is 533 g/mol. The fraction of sp³-hybridized carbons (Fsp3) is 0.241. The normalized spacial score (nSPS) is 12.7. The molecule has 1 heterocycles. The quantitative estimate of drug-likeness (QED) is 0.292. The molecule has 38 heavy (non-hydrogen) atoms. The van der Waals surface area contributed by atoms with E-state index in [9.17, 15) is 23.1 Å². The number of anilines is 1. The van der Waals surface area contributed by atoms with Gasteiger partial charge in [0.25, 0.3) is 10.0 Å². The van der Waals surface area contributed by atoms with Crippen molar-refractivity contribution < 1.29 is 23.1 Å². The number of aliphatic carboxylic acids is 1. The first-order valence-corrected chi connectivity index (χ1v) is 13.7. The Morgan fingerprint density at radius 2 is 1.63 bits per heavy atom. The molecule has 1 amide bonds. The number of carboxylic acid groups (broad SMARTS) is 1. The van der Waals surface area contributed by atoms with Gasteiger partial charge in [-0.1, -0.05) is 63.2 Å². The molecule has 0 saturated carbocycles. The van der Waals surface area contributed by atoms with E-state index < -0.39 is 27.9 Å². The van der Waals surface area contributed by atoms with E-state index in [0.717, 1.165) is 16.5 Å². The van der Waals surface area contributed by atoms with Gasteiger partial charge in [-0.25, -0.2) is 13.2 Å². The Hall–Kier alpha value is -4.11. The zero-order valence-electron chi connectivity index (χ0n) is 21.5. The van der Waals surface area contributed by atoms with Gasteiger partial charge in [0.1, 0.15) is 12.6 Å². The van der Waals surface area contributed by atoms with Crippen LogP contribution in [0, 0.1) is 0 Å². The topological polar surface area (TPSA) is 118 Å². The first-order valence-electron chi connectivity index (χ1n) is 12.2. The molecule has 0 bridgehead atoms. The molecule has 0 aliphatic rings. The van der Waals surface area contributed by atoms with Crippen LogP contribution >= 0.6 is 0 Å². The Morgan fingerprint density at radius 1 is 0.947 bits per heavy atom. The average Bonchev–Trinajstić information content (AvgIpc) is 3.25. The lowest BCUT2D eigenvalue weighted by atomic mass is 9.87. The number of carboxylic acids is 1. The summed E-state index contributed by atoms with van der Waals surface area (Å²) in [5.74, 6) is -1.54. The largest absolute Gasteiger partial charge is 0.480 e. The van der Waals surface area contributed by atoms with Gasteiger partial charge < -0.3 is 15.0 Å². The van der Waals surface area contributed by atoms with Crippen molar-refractivity contribution in [3.63, 3.8) is 0 Å². The third-order valence-corrected chi connectivity index (χ3v) is 7.68. The van der Waals surface area contributed by atoms with Crippen molar-refractivity contribution in [1.29, 1.82) is 0 Å². The summed E-state index contributed by atoms with van der Waals surface area (Å²) < 4.78 is 30.1. The number of rotatable bonds is 9. The molecule has 198 valence electrons. The highest BCUT2D eigenvalue weighted by Gasteiger charge is 2.21. The summed E-state index contributed by atoms with van der Waals surface area (Å²) in [6.45, 7) is 6.12. The van der Waals surface area contributed by atoms with Gasteiger partial charge >= 0.3 is 5.97 Å². The second kappa shape index (κ2) is 10.7. The number of nitrogens with zero attached hydrogens (tertiary/aromatic N) is 1. The van der Waals surface area contributed by atoms with Gasteiger partial charge in [-0.2, -0.15) is 0 Å². The van der Waals surface area contributed by atoms with E-state index in [1.165, 1.54) is 0 Å². The third-order valence-electron chi connectivity index (χ3n) is 6.28. The minimum Gasteiger partial charge on any atom is -0.480 e. The number of benzene rings is 3. The molecule has 1 atom stereocenters. The fourth-order valence-corrected chi connectivity index (χ4v) is 5.24. The maximum atomic E-state index is 12.9. The number of amides is 1. The highest BCUT2D eigenvalue weighted by molar-refractivity contribution is 7.92. The molecule has 0 saturated heterocycles. The standard InChI is InChI=1S/C29H31N3O5S/c1-29(2,3)22-9-12-24(13-10-22)38(36,37)31-23-11-14-26-21(18-23)15-16-32(26)19-27(33)30-25(28(34)35)17-20-7-5-4-6-8-20/h4-16,18,25,31H,17,19H2,1-3H3,(H,30,33)(H,34,35). The number of nitrogens with one attached hydrogen (secondary N) is 2. The van der Waals surface area contributed by atoms with Crippen LogP contribution in [0.2, 0.25) is 0 Å². The molecule has 9 heteroatoms. The first kappa shape index (κ1) is 26.9. The Labute approximate surface area is 222 Å². The summed E-state index contributed by atoms with van der Waals surface area (Å²) in [5.41, 5.74) is 2.88. The maximum absolute atomic E-state index is 12.9. The maximum Gasteiger partial charge on any atom is 0.326 e. The van der Waals surface area contributed by atoms with Crippen LogP contribution in [0.25, 0.3) is 10.9 Å². The van der Waals surface area contributed by atoms with Crippen LogP contribution in [-0.2, 0) is 38.0 Å². The number of carbonyl (C=O) groups is 2. The van der Waals surface area contributed by atoms with Gasteiger partial charge in [-0.3, -0.25) is 9.52 Å². The van der Waals surface area contributed by atoms with Gasteiger partial charge in [0.05, 0.1) is 4.90 Å². The van der Waals surface area contributed by atoms with Crippen molar-refractivity contribution in [2.45, 2.75) is 50.1 Å².